The summed E-state index contributed by atoms with van der Waals surface area (Å²) in [5.74, 6) is 0.602. The van der Waals surface area contributed by atoms with Gasteiger partial charge in [-0.2, -0.15) is 0 Å². The second-order valence-corrected chi connectivity index (χ2v) is 4.35. The van der Waals surface area contributed by atoms with Crippen LogP contribution in [0.4, 0.5) is 8.78 Å². The fourth-order valence-electron chi connectivity index (χ4n) is 2.33. The molecule has 14 heavy (non-hydrogen) atoms. The zero-order valence-corrected chi connectivity index (χ0v) is 9.10. The third kappa shape index (κ3) is 3.19. The highest BCUT2D eigenvalue weighted by atomic mass is 19.3. The number of alkyl halides is 2. The van der Waals surface area contributed by atoms with Crippen LogP contribution in [0.15, 0.2) is 0 Å². The van der Waals surface area contributed by atoms with E-state index in [1.807, 2.05) is 0 Å². The molecule has 0 spiro atoms. The van der Waals surface area contributed by atoms with Gasteiger partial charge >= 0.3 is 0 Å². The molecule has 3 heteroatoms. The minimum atomic E-state index is -2.24. The Balaban J connectivity index is 2.40. The Morgan fingerprint density at radius 1 is 1.29 bits per heavy atom. The van der Waals surface area contributed by atoms with Crippen LogP contribution in [0.1, 0.15) is 46.0 Å². The first-order chi connectivity index (χ1) is 6.65. The largest absolute Gasteiger partial charge is 0.306 e. The van der Waals surface area contributed by atoms with Gasteiger partial charge in [-0.3, -0.25) is 0 Å². The fraction of sp³-hybridized carbons (Fsp3) is 1.00. The van der Waals surface area contributed by atoms with E-state index in [2.05, 4.69) is 12.2 Å². The topological polar surface area (TPSA) is 12.0 Å². The Bertz CT molecular complexity index is 161. The molecule has 1 N–H and O–H groups in total. The SMILES string of the molecule is CCC1CCCCC1NC(C)C(F)F. The number of rotatable bonds is 4. The summed E-state index contributed by atoms with van der Waals surface area (Å²) < 4.78 is 24.7. The van der Waals surface area contributed by atoms with Gasteiger partial charge in [-0.25, -0.2) is 8.78 Å². The van der Waals surface area contributed by atoms with Crippen molar-refractivity contribution in [2.75, 3.05) is 0 Å². The van der Waals surface area contributed by atoms with Crippen LogP contribution in [0.5, 0.6) is 0 Å². The van der Waals surface area contributed by atoms with Crippen molar-refractivity contribution in [3.05, 3.63) is 0 Å². The first-order valence-electron chi connectivity index (χ1n) is 5.69. The molecule has 1 rings (SSSR count). The molecule has 3 unspecified atom stereocenters. The van der Waals surface area contributed by atoms with Gasteiger partial charge in [0.15, 0.2) is 0 Å². The Morgan fingerprint density at radius 3 is 2.50 bits per heavy atom. The van der Waals surface area contributed by atoms with Crippen LogP contribution in [0, 0.1) is 5.92 Å². The summed E-state index contributed by atoms with van der Waals surface area (Å²) >= 11 is 0. The van der Waals surface area contributed by atoms with Crippen LogP contribution in [-0.2, 0) is 0 Å². The molecule has 0 saturated heterocycles. The van der Waals surface area contributed by atoms with Crippen molar-refractivity contribution >= 4 is 0 Å². The van der Waals surface area contributed by atoms with Crippen LogP contribution in [-0.4, -0.2) is 18.5 Å². The second kappa shape index (κ2) is 5.64. The van der Waals surface area contributed by atoms with Crippen molar-refractivity contribution in [3.63, 3.8) is 0 Å². The minimum Gasteiger partial charge on any atom is -0.306 e. The van der Waals surface area contributed by atoms with Gasteiger partial charge in [-0.05, 0) is 25.7 Å². The van der Waals surface area contributed by atoms with Gasteiger partial charge in [0, 0.05) is 6.04 Å². The average molecular weight is 205 g/mol. The highest BCUT2D eigenvalue weighted by Crippen LogP contribution is 2.27. The predicted molar refractivity (Wildman–Crippen MR) is 54.6 cm³/mol. The highest BCUT2D eigenvalue weighted by Gasteiger charge is 2.26. The van der Waals surface area contributed by atoms with E-state index in [1.54, 1.807) is 6.92 Å². The van der Waals surface area contributed by atoms with E-state index in [0.717, 1.165) is 12.8 Å². The summed E-state index contributed by atoms with van der Waals surface area (Å²) in [6, 6.07) is -0.343. The van der Waals surface area contributed by atoms with Gasteiger partial charge in [0.1, 0.15) is 0 Å². The van der Waals surface area contributed by atoms with Gasteiger partial charge < -0.3 is 5.32 Å². The monoisotopic (exact) mass is 205 g/mol. The smallest absolute Gasteiger partial charge is 0.253 e. The zero-order valence-electron chi connectivity index (χ0n) is 9.10. The van der Waals surface area contributed by atoms with Gasteiger partial charge in [0.05, 0.1) is 6.04 Å². The quantitative estimate of drug-likeness (QED) is 0.743. The number of hydrogen-bond donors (Lipinski definition) is 1. The summed E-state index contributed by atoms with van der Waals surface area (Å²) in [4.78, 5) is 0. The van der Waals surface area contributed by atoms with E-state index in [9.17, 15) is 8.78 Å². The zero-order chi connectivity index (χ0) is 10.6. The number of halogens is 2. The summed E-state index contributed by atoms with van der Waals surface area (Å²) in [6.07, 6.45) is 3.58. The predicted octanol–water partition coefficient (Wildman–Crippen LogP) is 3.20. The standard InChI is InChI=1S/C11H21F2N/c1-3-9-6-4-5-7-10(9)14-8(2)11(12)13/h8-11,14H,3-7H2,1-2H3. The van der Waals surface area contributed by atoms with Crippen LogP contribution < -0.4 is 5.32 Å². The third-order valence-electron chi connectivity index (χ3n) is 3.29. The van der Waals surface area contributed by atoms with Crippen molar-refractivity contribution in [1.29, 1.82) is 0 Å². The van der Waals surface area contributed by atoms with E-state index in [4.69, 9.17) is 0 Å². The molecule has 1 nitrogen and oxygen atoms in total. The molecule has 0 heterocycles. The highest BCUT2D eigenvalue weighted by molar-refractivity contribution is 4.82. The molecule has 0 radical (unpaired) electrons. The van der Waals surface area contributed by atoms with Crippen LogP contribution in [0.25, 0.3) is 0 Å². The molecule has 1 aliphatic rings. The van der Waals surface area contributed by atoms with Crippen molar-refractivity contribution in [3.8, 4) is 0 Å². The average Bonchev–Trinajstić information content (AvgIpc) is 2.18. The van der Waals surface area contributed by atoms with E-state index >= 15 is 0 Å². The molecule has 1 saturated carbocycles. The van der Waals surface area contributed by atoms with Crippen LogP contribution in [0.3, 0.4) is 0 Å². The minimum absolute atomic E-state index is 0.317. The molecule has 84 valence electrons. The van der Waals surface area contributed by atoms with Gasteiger partial charge in [-0.1, -0.05) is 26.2 Å². The maximum atomic E-state index is 12.4. The lowest BCUT2D eigenvalue weighted by molar-refractivity contribution is 0.0881. The Labute approximate surface area is 85.3 Å². The molecule has 1 fully saturated rings. The number of hydrogen-bond acceptors (Lipinski definition) is 1. The molecule has 0 amide bonds. The maximum Gasteiger partial charge on any atom is 0.253 e. The Morgan fingerprint density at radius 2 is 1.93 bits per heavy atom. The van der Waals surface area contributed by atoms with Crippen molar-refractivity contribution in [2.45, 2.75) is 64.5 Å². The summed E-state index contributed by atoms with van der Waals surface area (Å²) in [7, 11) is 0. The van der Waals surface area contributed by atoms with Crippen LogP contribution in [0.2, 0.25) is 0 Å². The molecule has 0 bridgehead atoms. The lowest BCUT2D eigenvalue weighted by Crippen LogP contribution is -2.45. The maximum absolute atomic E-state index is 12.4. The van der Waals surface area contributed by atoms with E-state index < -0.39 is 12.5 Å². The van der Waals surface area contributed by atoms with Gasteiger partial charge in [0.25, 0.3) is 6.43 Å². The molecular weight excluding hydrogens is 184 g/mol. The van der Waals surface area contributed by atoms with Gasteiger partial charge in [0.2, 0.25) is 0 Å². The van der Waals surface area contributed by atoms with Crippen LogP contribution >= 0.6 is 0 Å². The molecule has 0 aromatic rings. The van der Waals surface area contributed by atoms with Crippen molar-refractivity contribution in [2.24, 2.45) is 5.92 Å². The molecule has 0 aromatic heterocycles. The molecular formula is C11H21F2N. The lowest BCUT2D eigenvalue weighted by Gasteiger charge is -2.33. The first-order valence-corrected chi connectivity index (χ1v) is 5.69. The van der Waals surface area contributed by atoms with E-state index in [0.29, 0.717) is 12.0 Å². The molecule has 3 atom stereocenters. The Hall–Kier alpha value is -0.180. The molecule has 0 aromatic carbocycles. The first kappa shape index (κ1) is 11.9. The van der Waals surface area contributed by atoms with Crippen molar-refractivity contribution in [1.82, 2.24) is 5.32 Å². The molecule has 1 aliphatic carbocycles. The van der Waals surface area contributed by atoms with Gasteiger partial charge in [-0.15, -0.1) is 0 Å². The summed E-state index contributed by atoms with van der Waals surface area (Å²) in [5, 5.41) is 3.07. The normalized spacial score (nSPS) is 30.6. The Kier molecular flexibility index (Phi) is 4.79. The number of nitrogens with one attached hydrogen (secondary N) is 1. The summed E-state index contributed by atoms with van der Waals surface area (Å²) in [5.41, 5.74) is 0. The molecule has 0 aliphatic heterocycles. The van der Waals surface area contributed by atoms with Crippen molar-refractivity contribution < 1.29 is 8.78 Å². The van der Waals surface area contributed by atoms with E-state index in [-0.39, 0.29) is 0 Å². The lowest BCUT2D eigenvalue weighted by atomic mass is 9.82. The van der Waals surface area contributed by atoms with E-state index in [1.165, 1.54) is 19.3 Å². The fourth-order valence-corrected chi connectivity index (χ4v) is 2.33. The third-order valence-corrected chi connectivity index (χ3v) is 3.29. The summed E-state index contributed by atoms with van der Waals surface area (Å²) in [6.45, 7) is 3.73. The second-order valence-electron chi connectivity index (χ2n) is 4.35.